The van der Waals surface area contributed by atoms with Crippen LogP contribution >= 0.6 is 0 Å². The maximum atomic E-state index is 13.6. The van der Waals surface area contributed by atoms with Crippen molar-refractivity contribution in [3.63, 3.8) is 0 Å². The standard InChI is InChI=1S/C20H20FNO2/c1-13-7-8-17-16(11-19(23)24-20(17)14(13)2)12-22-10-9-15-5-3-4-6-18(15)21/h3-8,11,22H,9-10,12H2,1-2H3. The molecule has 0 saturated carbocycles. The maximum absolute atomic E-state index is 13.6. The van der Waals surface area contributed by atoms with E-state index in [2.05, 4.69) is 5.32 Å². The van der Waals surface area contributed by atoms with E-state index >= 15 is 0 Å². The molecule has 24 heavy (non-hydrogen) atoms. The van der Waals surface area contributed by atoms with E-state index in [4.69, 9.17) is 4.42 Å². The van der Waals surface area contributed by atoms with E-state index in [0.29, 0.717) is 30.7 Å². The summed E-state index contributed by atoms with van der Waals surface area (Å²) < 4.78 is 19.0. The minimum Gasteiger partial charge on any atom is -0.422 e. The molecule has 1 heterocycles. The minimum absolute atomic E-state index is 0.184. The van der Waals surface area contributed by atoms with Crippen molar-refractivity contribution in [3.05, 3.63) is 81.0 Å². The Balaban J connectivity index is 1.75. The summed E-state index contributed by atoms with van der Waals surface area (Å²) in [5, 5.41) is 4.22. The number of hydrogen-bond acceptors (Lipinski definition) is 3. The summed E-state index contributed by atoms with van der Waals surface area (Å²) in [5.74, 6) is -0.184. The molecule has 0 aliphatic rings. The van der Waals surface area contributed by atoms with Crippen molar-refractivity contribution in [1.29, 1.82) is 0 Å². The van der Waals surface area contributed by atoms with Gasteiger partial charge in [0.25, 0.3) is 0 Å². The smallest absolute Gasteiger partial charge is 0.336 e. The van der Waals surface area contributed by atoms with Gasteiger partial charge in [-0.3, -0.25) is 0 Å². The van der Waals surface area contributed by atoms with E-state index in [1.54, 1.807) is 12.1 Å². The Morgan fingerprint density at radius 1 is 1.08 bits per heavy atom. The van der Waals surface area contributed by atoms with Crippen LogP contribution in [-0.4, -0.2) is 6.54 Å². The monoisotopic (exact) mass is 325 g/mol. The Kier molecular flexibility index (Phi) is 4.76. The first-order chi connectivity index (χ1) is 11.6. The first-order valence-electron chi connectivity index (χ1n) is 8.03. The summed E-state index contributed by atoms with van der Waals surface area (Å²) >= 11 is 0. The number of benzene rings is 2. The fourth-order valence-electron chi connectivity index (χ4n) is 2.82. The molecule has 0 aliphatic heterocycles. The quantitative estimate of drug-likeness (QED) is 0.572. The molecule has 0 saturated heterocycles. The highest BCUT2D eigenvalue weighted by molar-refractivity contribution is 5.83. The average molecular weight is 325 g/mol. The van der Waals surface area contributed by atoms with Crippen LogP contribution in [0.3, 0.4) is 0 Å². The zero-order chi connectivity index (χ0) is 17.1. The Bertz CT molecular complexity index is 931. The number of fused-ring (bicyclic) bond motifs is 1. The van der Waals surface area contributed by atoms with Crippen LogP contribution in [-0.2, 0) is 13.0 Å². The van der Waals surface area contributed by atoms with Crippen molar-refractivity contribution in [1.82, 2.24) is 5.32 Å². The van der Waals surface area contributed by atoms with Crippen LogP contribution in [0, 0.1) is 19.7 Å². The van der Waals surface area contributed by atoms with Gasteiger partial charge in [0.1, 0.15) is 11.4 Å². The molecular weight excluding hydrogens is 305 g/mol. The van der Waals surface area contributed by atoms with Gasteiger partial charge < -0.3 is 9.73 Å². The lowest BCUT2D eigenvalue weighted by Gasteiger charge is -2.10. The second-order valence-electron chi connectivity index (χ2n) is 5.99. The van der Waals surface area contributed by atoms with Gasteiger partial charge >= 0.3 is 5.63 Å². The van der Waals surface area contributed by atoms with Crippen molar-refractivity contribution >= 4 is 11.0 Å². The third-order valence-electron chi connectivity index (χ3n) is 4.36. The summed E-state index contributed by atoms with van der Waals surface area (Å²) in [6.45, 7) is 5.12. The molecule has 0 atom stereocenters. The Morgan fingerprint density at radius 2 is 1.88 bits per heavy atom. The number of nitrogens with one attached hydrogen (secondary N) is 1. The molecule has 2 aromatic carbocycles. The van der Waals surface area contributed by atoms with Crippen LogP contribution < -0.4 is 10.9 Å². The zero-order valence-electron chi connectivity index (χ0n) is 13.9. The maximum Gasteiger partial charge on any atom is 0.336 e. The molecule has 0 spiro atoms. The molecule has 1 N–H and O–H groups in total. The van der Waals surface area contributed by atoms with Gasteiger partial charge in [0.05, 0.1) is 0 Å². The SMILES string of the molecule is Cc1ccc2c(CNCCc3ccccc3F)cc(=O)oc2c1C. The molecule has 0 bridgehead atoms. The molecule has 3 rings (SSSR count). The first-order valence-corrected chi connectivity index (χ1v) is 8.03. The second kappa shape index (κ2) is 6.97. The van der Waals surface area contributed by atoms with Gasteiger partial charge in [-0.1, -0.05) is 30.3 Å². The van der Waals surface area contributed by atoms with E-state index in [0.717, 1.165) is 22.1 Å². The zero-order valence-corrected chi connectivity index (χ0v) is 13.9. The summed E-state index contributed by atoms with van der Waals surface area (Å²) in [7, 11) is 0. The summed E-state index contributed by atoms with van der Waals surface area (Å²) in [6, 6.07) is 12.3. The number of halogens is 1. The van der Waals surface area contributed by atoms with E-state index < -0.39 is 0 Å². The van der Waals surface area contributed by atoms with Crippen LogP contribution in [0.2, 0.25) is 0 Å². The van der Waals surface area contributed by atoms with Crippen LogP contribution in [0.25, 0.3) is 11.0 Å². The number of aryl methyl sites for hydroxylation is 2. The lowest BCUT2D eigenvalue weighted by Crippen LogP contribution is -2.18. The van der Waals surface area contributed by atoms with E-state index in [-0.39, 0.29) is 11.4 Å². The largest absolute Gasteiger partial charge is 0.422 e. The second-order valence-corrected chi connectivity index (χ2v) is 5.99. The molecule has 4 heteroatoms. The van der Waals surface area contributed by atoms with Crippen molar-refractivity contribution in [2.75, 3.05) is 6.54 Å². The summed E-state index contributed by atoms with van der Waals surface area (Å²) in [5.41, 5.74) is 3.97. The predicted molar refractivity (Wildman–Crippen MR) is 93.8 cm³/mol. The van der Waals surface area contributed by atoms with E-state index in [1.165, 1.54) is 12.1 Å². The first kappa shape index (κ1) is 16.4. The van der Waals surface area contributed by atoms with E-state index in [1.807, 2.05) is 32.0 Å². The van der Waals surface area contributed by atoms with Gasteiger partial charge in [-0.25, -0.2) is 9.18 Å². The molecule has 0 aliphatic carbocycles. The normalized spacial score (nSPS) is 11.1. The van der Waals surface area contributed by atoms with Gasteiger partial charge in [0.15, 0.2) is 0 Å². The highest BCUT2D eigenvalue weighted by Gasteiger charge is 2.09. The van der Waals surface area contributed by atoms with Gasteiger partial charge in [0, 0.05) is 18.0 Å². The summed E-state index contributed by atoms with van der Waals surface area (Å²) in [6.07, 6.45) is 0.601. The minimum atomic E-state index is -0.345. The molecule has 1 aromatic heterocycles. The lowest BCUT2D eigenvalue weighted by atomic mass is 10.0. The fourth-order valence-corrected chi connectivity index (χ4v) is 2.82. The topological polar surface area (TPSA) is 42.2 Å². The molecule has 3 aromatic rings. The Morgan fingerprint density at radius 3 is 2.67 bits per heavy atom. The van der Waals surface area contributed by atoms with E-state index in [9.17, 15) is 9.18 Å². The van der Waals surface area contributed by atoms with Crippen molar-refractivity contribution in [2.24, 2.45) is 0 Å². The van der Waals surface area contributed by atoms with Gasteiger partial charge in [-0.2, -0.15) is 0 Å². The molecular formula is C20H20FNO2. The van der Waals surface area contributed by atoms with Crippen LogP contribution in [0.4, 0.5) is 4.39 Å². The van der Waals surface area contributed by atoms with Crippen molar-refractivity contribution in [3.8, 4) is 0 Å². The average Bonchev–Trinajstić information content (AvgIpc) is 2.56. The Labute approximate surface area is 140 Å². The van der Waals surface area contributed by atoms with Crippen LogP contribution in [0.5, 0.6) is 0 Å². The fraction of sp³-hybridized carbons (Fsp3) is 0.250. The number of rotatable bonds is 5. The summed E-state index contributed by atoms with van der Waals surface area (Å²) in [4.78, 5) is 11.8. The van der Waals surface area contributed by atoms with Crippen molar-refractivity contribution < 1.29 is 8.81 Å². The lowest BCUT2D eigenvalue weighted by molar-refractivity contribution is 0.553. The van der Waals surface area contributed by atoms with Gasteiger partial charge in [-0.15, -0.1) is 0 Å². The Hall–Kier alpha value is -2.46. The third-order valence-corrected chi connectivity index (χ3v) is 4.36. The van der Waals surface area contributed by atoms with Gasteiger partial charge in [-0.05, 0) is 55.1 Å². The third kappa shape index (κ3) is 3.39. The predicted octanol–water partition coefficient (Wildman–Crippen LogP) is 3.88. The molecule has 0 radical (unpaired) electrons. The molecule has 0 fully saturated rings. The molecule has 0 amide bonds. The molecule has 3 nitrogen and oxygen atoms in total. The molecule has 0 unspecified atom stereocenters. The van der Waals surface area contributed by atoms with Gasteiger partial charge in [0.2, 0.25) is 0 Å². The number of hydrogen-bond donors (Lipinski definition) is 1. The van der Waals surface area contributed by atoms with Crippen LogP contribution in [0.15, 0.2) is 51.7 Å². The molecule has 124 valence electrons. The highest BCUT2D eigenvalue weighted by Crippen LogP contribution is 2.23. The highest BCUT2D eigenvalue weighted by atomic mass is 19.1. The van der Waals surface area contributed by atoms with Crippen molar-refractivity contribution in [2.45, 2.75) is 26.8 Å². The van der Waals surface area contributed by atoms with Crippen LogP contribution in [0.1, 0.15) is 22.3 Å².